The van der Waals surface area contributed by atoms with Gasteiger partial charge in [-0.05, 0) is 71.6 Å². The Hall–Kier alpha value is -3.53. The molecule has 2 fully saturated rings. The molecule has 3 aliphatic rings. The molecule has 4 rings (SSSR count). The molecule has 0 radical (unpaired) electrons. The van der Waals surface area contributed by atoms with Crippen molar-refractivity contribution in [1.82, 2.24) is 10.2 Å². The van der Waals surface area contributed by atoms with Crippen LogP contribution in [0.5, 0.6) is 5.75 Å². The molecule has 2 unspecified atom stereocenters. The molecule has 3 heterocycles. The third kappa shape index (κ3) is 13.5. The number of rotatable bonds is 15. The van der Waals surface area contributed by atoms with E-state index in [9.17, 15) is 36.9 Å². The number of amides is 4. The molecular formula is C42H61ClN4O13S3. The van der Waals surface area contributed by atoms with E-state index < -0.39 is 92.0 Å². The smallest absolute Gasteiger partial charge is 0.407 e. The zero-order chi connectivity index (χ0) is 47.2. The van der Waals surface area contributed by atoms with Crippen molar-refractivity contribution in [3.8, 4) is 5.75 Å². The van der Waals surface area contributed by atoms with E-state index >= 15 is 0 Å². The number of hydrogen-bond donors (Lipinski definition) is 3. The number of anilines is 1. The predicted octanol–water partition coefficient (Wildman–Crippen LogP) is 5.27. The monoisotopic (exact) mass is 960 g/mol. The van der Waals surface area contributed by atoms with Crippen molar-refractivity contribution < 1.29 is 60.6 Å². The highest BCUT2D eigenvalue weighted by Gasteiger charge is 2.64. The maximum Gasteiger partial charge on any atom is 0.407 e. The molecule has 63 heavy (non-hydrogen) atoms. The average molecular weight is 962 g/mol. The summed E-state index contributed by atoms with van der Waals surface area (Å²) in [5, 5.41) is 1.37. The number of carbonyl (C=O) groups is 5. The number of fused-ring (bicyclic) bond motifs is 5. The van der Waals surface area contributed by atoms with Crippen LogP contribution >= 0.6 is 33.2 Å². The van der Waals surface area contributed by atoms with E-state index in [1.54, 1.807) is 33.2 Å². The molecular weight excluding hydrogens is 900 g/mol. The van der Waals surface area contributed by atoms with Gasteiger partial charge in [0.15, 0.2) is 5.25 Å². The Morgan fingerprint density at radius 2 is 1.90 bits per heavy atom. The number of ether oxygens (including phenoxy) is 5. The number of primary amides is 1. The Kier molecular flexibility index (Phi) is 17.9. The number of benzene rings is 1. The molecule has 4 bridgehead atoms. The van der Waals surface area contributed by atoms with Gasteiger partial charge in [-0.15, -0.1) is 0 Å². The maximum atomic E-state index is 14.3. The van der Waals surface area contributed by atoms with Crippen LogP contribution in [0.2, 0.25) is 5.02 Å². The minimum Gasteiger partial charge on any atom is -0.495 e. The molecule has 3 aliphatic heterocycles. The summed E-state index contributed by atoms with van der Waals surface area (Å²) in [4.78, 5) is 68.8. The maximum absolute atomic E-state index is 14.3. The number of alkyl carbamates (subject to hydrolysis) is 1. The molecule has 4 amide bonds. The topological polar surface area (TPSA) is 234 Å². The van der Waals surface area contributed by atoms with Crippen molar-refractivity contribution in [3.05, 3.63) is 46.5 Å². The van der Waals surface area contributed by atoms with Crippen LogP contribution in [0, 0.1) is 5.92 Å². The lowest BCUT2D eigenvalue weighted by molar-refractivity contribution is -0.162. The SMILES string of the molecule is COc1cc2cc(c1Cl)N(C)C(=O)C[C@H](OC(=O)[C@H](C)N(C)C(=O)CCC(C)(C)SSCCC(C(N)=O)S(=O)(=O)O)[C@]1(C)O[C@H]1[C@H](C)[C@@H]1CC(NC(=O)O1)[C@H](OC)/C=C/C=C(\C)C2. The number of allylic oxidation sites excluding steroid dienone is 3. The van der Waals surface area contributed by atoms with E-state index in [1.165, 1.54) is 52.5 Å². The number of epoxide rings is 1. The third-order valence-electron chi connectivity index (χ3n) is 11.8. The second kappa shape index (κ2) is 21.6. The van der Waals surface area contributed by atoms with Crippen LogP contribution in [0.15, 0.2) is 35.9 Å². The minimum absolute atomic E-state index is 0.0466. The summed E-state index contributed by atoms with van der Waals surface area (Å²) in [6.07, 6.45) is 2.99. The molecule has 1 aromatic rings. The Morgan fingerprint density at radius 1 is 1.22 bits per heavy atom. The molecule has 21 heteroatoms. The highest BCUT2D eigenvalue weighted by Crippen LogP contribution is 2.49. The molecule has 0 aromatic heterocycles. The predicted molar refractivity (Wildman–Crippen MR) is 242 cm³/mol. The van der Waals surface area contributed by atoms with Gasteiger partial charge in [0.25, 0.3) is 10.1 Å². The molecule has 4 N–H and O–H groups in total. The third-order valence-corrected chi connectivity index (χ3v) is 16.8. The Labute approximate surface area is 383 Å². The lowest BCUT2D eigenvalue weighted by Gasteiger charge is -2.36. The minimum atomic E-state index is -4.63. The largest absolute Gasteiger partial charge is 0.495 e. The summed E-state index contributed by atoms with van der Waals surface area (Å²) in [7, 11) is 4.12. The average Bonchev–Trinajstić information content (AvgIpc) is 3.91. The van der Waals surface area contributed by atoms with Gasteiger partial charge in [0.2, 0.25) is 17.7 Å². The van der Waals surface area contributed by atoms with Gasteiger partial charge in [0.1, 0.15) is 34.6 Å². The summed E-state index contributed by atoms with van der Waals surface area (Å²) in [6.45, 7) is 10.9. The van der Waals surface area contributed by atoms with Gasteiger partial charge >= 0.3 is 12.1 Å². The summed E-state index contributed by atoms with van der Waals surface area (Å²) in [5.41, 5.74) is 6.11. The van der Waals surface area contributed by atoms with E-state index in [-0.39, 0.29) is 35.9 Å². The zero-order valence-electron chi connectivity index (χ0n) is 37.4. The van der Waals surface area contributed by atoms with Crippen LogP contribution < -0.4 is 20.7 Å². The van der Waals surface area contributed by atoms with Crippen LogP contribution in [0.25, 0.3) is 0 Å². The number of carbonyl (C=O) groups excluding carboxylic acids is 5. The number of likely N-dealkylation sites (N-methyl/N-ethyl adjacent to an activating group) is 1. The van der Waals surface area contributed by atoms with Gasteiger partial charge in [-0.2, -0.15) is 8.42 Å². The molecule has 17 nitrogen and oxygen atoms in total. The van der Waals surface area contributed by atoms with Crippen molar-refractivity contribution in [3.63, 3.8) is 0 Å². The van der Waals surface area contributed by atoms with Gasteiger partial charge in [-0.25, -0.2) is 9.59 Å². The van der Waals surface area contributed by atoms with Gasteiger partial charge in [-0.3, -0.25) is 18.9 Å². The van der Waals surface area contributed by atoms with Gasteiger partial charge in [-0.1, -0.05) is 63.9 Å². The van der Waals surface area contributed by atoms with Crippen LogP contribution in [-0.2, 0) is 54.7 Å². The molecule has 2 saturated heterocycles. The first kappa shape index (κ1) is 52.1. The van der Waals surface area contributed by atoms with Crippen molar-refractivity contribution in [1.29, 1.82) is 0 Å². The van der Waals surface area contributed by atoms with E-state index in [1.807, 2.05) is 45.9 Å². The molecule has 9 atom stereocenters. The second-order valence-corrected chi connectivity index (χ2v) is 22.1. The first-order chi connectivity index (χ1) is 29.3. The second-order valence-electron chi connectivity index (χ2n) is 17.0. The molecule has 0 spiro atoms. The standard InChI is InChI=1S/C42H61ClN4O13S3/c1-23-12-11-13-29(56-9)27-21-30(58-40(52)45-27)24(2)37-42(6,60-37)33(22-35(49)47(8)28-19-26(18-23)20-31(57-10)36(28)43)59-39(51)25(3)46(7)34(48)14-16-41(4,5)62-61-17-15-32(38(44)50)63(53,54)55/h11-13,19-20,24-25,27,29-30,32-33,37H,14-18,21-22H2,1-10H3,(H2,44,50)(H,45,52)(H,53,54,55)/b13-11+,23-12+/t24-,25+,27?,29-,30+,32?,33+,37+,42+/m1/s1. The highest BCUT2D eigenvalue weighted by molar-refractivity contribution is 8.77. The van der Waals surface area contributed by atoms with Gasteiger partial charge in [0.05, 0.1) is 37.5 Å². The van der Waals surface area contributed by atoms with E-state index in [0.717, 1.165) is 11.1 Å². The van der Waals surface area contributed by atoms with E-state index in [4.69, 9.17) is 41.0 Å². The molecule has 0 aliphatic carbocycles. The summed E-state index contributed by atoms with van der Waals surface area (Å²) < 4.78 is 61.4. The van der Waals surface area contributed by atoms with Crippen molar-refractivity contribution in [2.24, 2.45) is 11.7 Å². The van der Waals surface area contributed by atoms with Crippen molar-refractivity contribution >= 4 is 78.8 Å². The number of nitrogens with two attached hydrogens (primary N) is 1. The fraction of sp³-hybridized carbons (Fsp3) is 0.643. The van der Waals surface area contributed by atoms with Crippen molar-refractivity contribution in [2.45, 2.75) is 132 Å². The normalized spacial score (nSPS) is 27.9. The van der Waals surface area contributed by atoms with E-state index in [2.05, 4.69) is 5.32 Å². The van der Waals surface area contributed by atoms with Crippen LogP contribution in [0.4, 0.5) is 10.5 Å². The number of hydrogen-bond acceptors (Lipinski definition) is 14. The molecule has 1 aromatic carbocycles. The molecule has 352 valence electrons. The summed E-state index contributed by atoms with van der Waals surface area (Å²) in [6, 6.07) is 2.10. The quantitative estimate of drug-likeness (QED) is 0.0669. The van der Waals surface area contributed by atoms with Gasteiger partial charge < -0.3 is 44.5 Å². The fourth-order valence-electron chi connectivity index (χ4n) is 7.59. The summed E-state index contributed by atoms with van der Waals surface area (Å²) >= 11 is 6.80. The first-order valence-corrected chi connectivity index (χ1v) is 24.7. The Balaban J connectivity index is 1.56. The number of esters is 1. The lowest BCUT2D eigenvalue weighted by atomic mass is 9.84. The zero-order valence-corrected chi connectivity index (χ0v) is 40.6. The van der Waals surface area contributed by atoms with Crippen LogP contribution in [-0.4, -0.2) is 134 Å². The van der Waals surface area contributed by atoms with E-state index in [0.29, 0.717) is 30.7 Å². The van der Waals surface area contributed by atoms with Gasteiger partial charge in [0, 0.05) is 50.5 Å². The summed E-state index contributed by atoms with van der Waals surface area (Å²) in [5.74, 6) is -2.56. The Morgan fingerprint density at radius 3 is 2.52 bits per heavy atom. The fourth-order valence-corrected chi connectivity index (χ4v) is 11.4. The Bertz CT molecular complexity index is 2050. The number of halogens is 1. The molecule has 0 saturated carbocycles. The highest BCUT2D eigenvalue weighted by atomic mass is 35.5. The number of methoxy groups -OCH3 is 2. The van der Waals surface area contributed by atoms with Crippen LogP contribution in [0.1, 0.15) is 79.2 Å². The van der Waals surface area contributed by atoms with Crippen LogP contribution in [0.3, 0.4) is 0 Å². The van der Waals surface area contributed by atoms with Crippen molar-refractivity contribution in [2.75, 3.05) is 39.0 Å². The number of nitrogens with one attached hydrogen (secondary N) is 1. The number of nitrogens with zero attached hydrogens (tertiary/aromatic N) is 2. The first-order valence-electron chi connectivity index (χ1n) is 20.5. The lowest BCUT2D eigenvalue weighted by Crippen LogP contribution is -2.53.